The molecule has 0 radical (unpaired) electrons. The van der Waals surface area contributed by atoms with Crippen LogP contribution in [0.1, 0.15) is 57.3 Å². The van der Waals surface area contributed by atoms with Gasteiger partial charge in [-0.25, -0.2) is 0 Å². The molecule has 3 N–H and O–H groups in total. The van der Waals surface area contributed by atoms with Crippen LogP contribution in [0.4, 0.5) is 0 Å². The molecule has 26 heavy (non-hydrogen) atoms. The van der Waals surface area contributed by atoms with Crippen LogP contribution >= 0.6 is 24.0 Å². The summed E-state index contributed by atoms with van der Waals surface area (Å²) in [6.07, 6.45) is 7.88. The van der Waals surface area contributed by atoms with E-state index in [2.05, 4.69) is 28.5 Å². The quantitative estimate of drug-likeness (QED) is 0.335. The second-order valence-electron chi connectivity index (χ2n) is 7.14. The molecule has 148 valence electrons. The predicted octanol–water partition coefficient (Wildman–Crippen LogP) is 2.89. The van der Waals surface area contributed by atoms with Crippen molar-refractivity contribution in [3.05, 3.63) is 24.2 Å². The van der Waals surface area contributed by atoms with Crippen molar-refractivity contribution >= 4 is 29.9 Å². The lowest BCUT2D eigenvalue weighted by Crippen LogP contribution is -2.45. The van der Waals surface area contributed by atoms with Gasteiger partial charge in [-0.3, -0.25) is 9.89 Å². The van der Waals surface area contributed by atoms with Gasteiger partial charge in [0, 0.05) is 12.6 Å². The highest BCUT2D eigenvalue weighted by Gasteiger charge is 2.26. The number of hydrogen-bond donors (Lipinski definition) is 3. The number of aliphatic hydroxyl groups is 1. The maximum absolute atomic E-state index is 9.68. The smallest absolute Gasteiger partial charge is 0.191 e. The minimum absolute atomic E-state index is 0. The average Bonchev–Trinajstić information content (AvgIpc) is 3.31. The fraction of sp³-hybridized carbons (Fsp3) is 0.737. The average molecular weight is 476 g/mol. The summed E-state index contributed by atoms with van der Waals surface area (Å²) in [5.74, 6) is 1.88. The van der Waals surface area contributed by atoms with Gasteiger partial charge in [-0.1, -0.05) is 0 Å². The first kappa shape index (κ1) is 21.5. The number of hydrogen-bond acceptors (Lipinski definition) is 4. The van der Waals surface area contributed by atoms with Crippen molar-refractivity contribution in [1.82, 2.24) is 15.5 Å². The number of likely N-dealkylation sites (tertiary alicyclic amines) is 1. The molecule has 7 heteroatoms. The number of nitrogens with one attached hydrogen (secondary N) is 2. The van der Waals surface area contributed by atoms with E-state index in [-0.39, 0.29) is 36.1 Å². The maximum atomic E-state index is 9.68. The summed E-state index contributed by atoms with van der Waals surface area (Å²) in [6, 6.07) is 4.62. The van der Waals surface area contributed by atoms with Crippen molar-refractivity contribution in [2.75, 3.05) is 26.2 Å². The van der Waals surface area contributed by atoms with Crippen LogP contribution in [0.25, 0.3) is 0 Å². The zero-order valence-electron chi connectivity index (χ0n) is 15.7. The number of guanidine groups is 1. The minimum Gasteiger partial charge on any atom is -0.468 e. The molecule has 1 unspecified atom stereocenters. The van der Waals surface area contributed by atoms with Crippen molar-refractivity contribution in [1.29, 1.82) is 0 Å². The van der Waals surface area contributed by atoms with Crippen LogP contribution in [-0.2, 0) is 0 Å². The van der Waals surface area contributed by atoms with Gasteiger partial charge in [-0.2, -0.15) is 0 Å². The van der Waals surface area contributed by atoms with E-state index in [0.717, 1.165) is 57.0 Å². The molecule has 1 saturated carbocycles. The molecular weight excluding hydrogens is 443 g/mol. The first-order valence-corrected chi connectivity index (χ1v) is 9.76. The standard InChI is InChI=1S/C19H32N4O2.HI/c1-2-20-19(22-15-7-9-16(24)10-8-15)21-14-17(18-6-5-13-25-18)23-11-3-4-12-23;/h5-6,13,15-17,24H,2-4,7-12,14H2,1H3,(H2,20,21,22);1H. The molecule has 0 aromatic carbocycles. The van der Waals surface area contributed by atoms with Crippen molar-refractivity contribution in [3.8, 4) is 0 Å². The number of rotatable bonds is 6. The third-order valence-corrected chi connectivity index (χ3v) is 5.26. The fourth-order valence-electron chi connectivity index (χ4n) is 3.83. The highest BCUT2D eigenvalue weighted by Crippen LogP contribution is 2.26. The van der Waals surface area contributed by atoms with Crippen LogP contribution in [-0.4, -0.2) is 54.3 Å². The summed E-state index contributed by atoms with van der Waals surface area (Å²) in [7, 11) is 0. The van der Waals surface area contributed by atoms with E-state index in [1.807, 2.05) is 6.07 Å². The summed E-state index contributed by atoms with van der Waals surface area (Å²) in [6.45, 7) is 5.86. The highest BCUT2D eigenvalue weighted by atomic mass is 127. The topological polar surface area (TPSA) is 73.0 Å². The Hall–Kier alpha value is -0.800. The van der Waals surface area contributed by atoms with Gasteiger partial charge in [0.25, 0.3) is 0 Å². The van der Waals surface area contributed by atoms with Crippen molar-refractivity contribution in [2.45, 2.75) is 63.6 Å². The van der Waals surface area contributed by atoms with E-state index in [1.165, 1.54) is 12.8 Å². The normalized spacial score (nSPS) is 25.5. The third kappa shape index (κ3) is 6.13. The lowest BCUT2D eigenvalue weighted by molar-refractivity contribution is 0.120. The number of nitrogens with zero attached hydrogens (tertiary/aromatic N) is 2. The third-order valence-electron chi connectivity index (χ3n) is 5.26. The number of aliphatic hydroxyl groups excluding tert-OH is 1. The summed E-state index contributed by atoms with van der Waals surface area (Å²) >= 11 is 0. The summed E-state index contributed by atoms with van der Waals surface area (Å²) < 4.78 is 5.68. The monoisotopic (exact) mass is 476 g/mol. The van der Waals surface area contributed by atoms with Crippen LogP contribution in [0.2, 0.25) is 0 Å². The minimum atomic E-state index is -0.129. The molecule has 1 aliphatic heterocycles. The molecule has 2 heterocycles. The lowest BCUT2D eigenvalue weighted by atomic mass is 9.93. The van der Waals surface area contributed by atoms with E-state index >= 15 is 0 Å². The molecule has 6 nitrogen and oxygen atoms in total. The van der Waals surface area contributed by atoms with Crippen LogP contribution in [0.3, 0.4) is 0 Å². The van der Waals surface area contributed by atoms with Crippen LogP contribution in [0, 0.1) is 0 Å². The van der Waals surface area contributed by atoms with E-state index in [4.69, 9.17) is 9.41 Å². The summed E-state index contributed by atoms with van der Waals surface area (Å²) in [4.78, 5) is 7.33. The van der Waals surface area contributed by atoms with Gasteiger partial charge in [0.1, 0.15) is 5.76 Å². The molecule has 1 aliphatic carbocycles. The van der Waals surface area contributed by atoms with Gasteiger partial charge >= 0.3 is 0 Å². The first-order valence-electron chi connectivity index (χ1n) is 9.76. The largest absolute Gasteiger partial charge is 0.468 e. The number of aliphatic imine (C=N–C) groups is 1. The van der Waals surface area contributed by atoms with Crippen molar-refractivity contribution in [3.63, 3.8) is 0 Å². The van der Waals surface area contributed by atoms with E-state index in [1.54, 1.807) is 6.26 Å². The van der Waals surface area contributed by atoms with Gasteiger partial charge in [-0.05, 0) is 70.7 Å². The molecule has 0 amide bonds. The molecule has 1 atom stereocenters. The Morgan fingerprint density at radius 3 is 2.65 bits per heavy atom. The zero-order chi connectivity index (χ0) is 17.5. The molecule has 0 bridgehead atoms. The van der Waals surface area contributed by atoms with E-state index < -0.39 is 0 Å². The van der Waals surface area contributed by atoms with E-state index in [0.29, 0.717) is 12.6 Å². The highest BCUT2D eigenvalue weighted by molar-refractivity contribution is 14.0. The van der Waals surface area contributed by atoms with Gasteiger partial charge in [-0.15, -0.1) is 24.0 Å². The Bertz CT molecular complexity index is 524. The van der Waals surface area contributed by atoms with Gasteiger partial charge in [0.05, 0.1) is 25.0 Å². The molecule has 3 rings (SSSR count). The molecule has 2 aliphatic rings. The molecule has 1 aromatic heterocycles. The van der Waals surface area contributed by atoms with Crippen LogP contribution < -0.4 is 10.6 Å². The summed E-state index contributed by atoms with van der Waals surface area (Å²) in [5.41, 5.74) is 0. The number of furan rings is 1. The molecule has 0 spiro atoms. The second kappa shape index (κ2) is 11.1. The Kier molecular flexibility index (Phi) is 9.21. The Balaban J connectivity index is 0.00000243. The maximum Gasteiger partial charge on any atom is 0.191 e. The van der Waals surface area contributed by atoms with Gasteiger partial charge < -0.3 is 20.2 Å². The van der Waals surface area contributed by atoms with Crippen LogP contribution in [0.5, 0.6) is 0 Å². The Morgan fingerprint density at radius 1 is 1.31 bits per heavy atom. The van der Waals surface area contributed by atoms with E-state index in [9.17, 15) is 5.11 Å². The first-order chi connectivity index (χ1) is 12.3. The SMILES string of the molecule is CCNC(=NCC(c1ccco1)N1CCCC1)NC1CCC(O)CC1.I. The van der Waals surface area contributed by atoms with Gasteiger partial charge in [0.2, 0.25) is 0 Å². The molecule has 1 aromatic rings. The Morgan fingerprint density at radius 2 is 2.04 bits per heavy atom. The lowest BCUT2D eigenvalue weighted by Gasteiger charge is -2.28. The van der Waals surface area contributed by atoms with Crippen molar-refractivity contribution in [2.24, 2.45) is 4.99 Å². The zero-order valence-corrected chi connectivity index (χ0v) is 18.0. The number of halogens is 1. The molecule has 2 fully saturated rings. The predicted molar refractivity (Wildman–Crippen MR) is 115 cm³/mol. The molecule has 1 saturated heterocycles. The van der Waals surface area contributed by atoms with Crippen LogP contribution in [0.15, 0.2) is 27.8 Å². The van der Waals surface area contributed by atoms with Crippen molar-refractivity contribution < 1.29 is 9.52 Å². The molecular formula is C19H33IN4O2. The summed E-state index contributed by atoms with van der Waals surface area (Å²) in [5, 5.41) is 16.6. The van der Waals surface area contributed by atoms with Gasteiger partial charge in [0.15, 0.2) is 5.96 Å². The second-order valence-corrected chi connectivity index (χ2v) is 7.14. The fourth-order valence-corrected chi connectivity index (χ4v) is 3.83. The Labute approximate surface area is 173 Å².